The Labute approximate surface area is 77.6 Å². The molecule has 0 aromatic heterocycles. The van der Waals surface area contributed by atoms with Crippen LogP contribution in [0.2, 0.25) is 0 Å². The van der Waals surface area contributed by atoms with Crippen LogP contribution in [0.5, 0.6) is 0 Å². The highest BCUT2D eigenvalue weighted by Gasteiger charge is 2.17. The molecule has 0 aliphatic rings. The Morgan fingerprint density at radius 2 is 2.08 bits per heavy atom. The molecule has 0 saturated heterocycles. The summed E-state index contributed by atoms with van der Waals surface area (Å²) >= 11 is 5.05. The smallest absolute Gasteiger partial charge is 0.222 e. The van der Waals surface area contributed by atoms with Crippen molar-refractivity contribution in [2.75, 3.05) is 12.3 Å². The lowest BCUT2D eigenvalue weighted by atomic mass is 10.4. The molecule has 1 atom stereocenters. The summed E-state index contributed by atoms with van der Waals surface area (Å²) in [5.41, 5.74) is 0. The molecule has 0 fully saturated rings. The van der Waals surface area contributed by atoms with Gasteiger partial charge in [0.05, 0.1) is 0 Å². The monoisotopic (exact) mass is 212 g/mol. The topological polar surface area (TPSA) is 54.4 Å². The lowest BCUT2D eigenvalue weighted by Gasteiger charge is -2.08. The zero-order valence-corrected chi connectivity index (χ0v) is 8.77. The van der Waals surface area contributed by atoms with E-state index in [1.807, 2.05) is 6.92 Å². The van der Waals surface area contributed by atoms with Crippen LogP contribution in [0.25, 0.3) is 0 Å². The van der Waals surface area contributed by atoms with Crippen LogP contribution in [0, 0.1) is 0 Å². The zero-order valence-electron chi connectivity index (χ0n) is 7.12. The van der Waals surface area contributed by atoms with E-state index < -0.39 is 12.6 Å². The third-order valence-electron chi connectivity index (χ3n) is 1.52. The fourth-order valence-corrected chi connectivity index (χ4v) is 2.59. The number of carbonyl (C=O) groups excluding carboxylic acids is 1. The molecule has 5 heteroatoms. The van der Waals surface area contributed by atoms with Gasteiger partial charge in [0.2, 0.25) is 12.6 Å². The van der Waals surface area contributed by atoms with Crippen LogP contribution in [0.4, 0.5) is 0 Å². The first kappa shape index (κ1) is 12.2. The number of hydrogen-bond donors (Lipinski definition) is 1. The first-order valence-corrected chi connectivity index (χ1v) is 6.38. The SMILES string of the molecule is CCCCP(=O)(O)CCC(=O)Cl. The molecular formula is C7H14ClO3P. The van der Waals surface area contributed by atoms with Crippen molar-refractivity contribution in [2.45, 2.75) is 26.2 Å². The van der Waals surface area contributed by atoms with Crippen molar-refractivity contribution in [1.29, 1.82) is 0 Å². The number of unbranched alkanes of at least 4 members (excludes halogenated alkanes) is 1. The van der Waals surface area contributed by atoms with Gasteiger partial charge in [0.1, 0.15) is 0 Å². The Bertz CT molecular complexity index is 193. The minimum absolute atomic E-state index is 0.000945. The summed E-state index contributed by atoms with van der Waals surface area (Å²) in [4.78, 5) is 19.5. The minimum atomic E-state index is -3.07. The van der Waals surface area contributed by atoms with Crippen molar-refractivity contribution in [1.82, 2.24) is 0 Å². The molecule has 12 heavy (non-hydrogen) atoms. The third kappa shape index (κ3) is 6.84. The van der Waals surface area contributed by atoms with E-state index in [4.69, 9.17) is 11.6 Å². The van der Waals surface area contributed by atoms with Gasteiger partial charge in [0.25, 0.3) is 0 Å². The zero-order chi connectivity index (χ0) is 9.61. The largest absolute Gasteiger partial charge is 0.344 e. The van der Waals surface area contributed by atoms with Gasteiger partial charge in [-0.2, -0.15) is 0 Å². The summed E-state index contributed by atoms with van der Waals surface area (Å²) in [6, 6.07) is 0. The molecule has 72 valence electrons. The molecule has 3 nitrogen and oxygen atoms in total. The molecule has 0 amide bonds. The van der Waals surface area contributed by atoms with Crippen LogP contribution in [-0.2, 0) is 9.36 Å². The highest BCUT2D eigenvalue weighted by molar-refractivity contribution is 7.58. The maximum absolute atomic E-state index is 11.2. The summed E-state index contributed by atoms with van der Waals surface area (Å²) in [6.45, 7) is 1.95. The second kappa shape index (κ2) is 5.74. The third-order valence-corrected chi connectivity index (χ3v) is 3.65. The van der Waals surface area contributed by atoms with E-state index in [0.29, 0.717) is 6.16 Å². The molecule has 0 aliphatic heterocycles. The number of carbonyl (C=O) groups is 1. The maximum atomic E-state index is 11.2. The Balaban J connectivity index is 3.71. The summed E-state index contributed by atoms with van der Waals surface area (Å²) in [5.74, 6) is 0. The van der Waals surface area contributed by atoms with E-state index in [-0.39, 0.29) is 12.6 Å². The van der Waals surface area contributed by atoms with Crippen molar-refractivity contribution in [3.05, 3.63) is 0 Å². The van der Waals surface area contributed by atoms with Crippen LogP contribution < -0.4 is 0 Å². The molecule has 0 bridgehead atoms. The van der Waals surface area contributed by atoms with Crippen molar-refractivity contribution in [3.63, 3.8) is 0 Å². The standard InChI is InChI=1S/C7H14ClO3P/c1-2-3-5-12(10,11)6-4-7(8)9/h2-6H2,1H3,(H,10,11). The molecule has 0 heterocycles. The van der Waals surface area contributed by atoms with Gasteiger partial charge in [-0.15, -0.1) is 0 Å². The summed E-state index contributed by atoms with van der Waals surface area (Å²) in [6.07, 6.45) is 1.94. The molecule has 1 unspecified atom stereocenters. The van der Waals surface area contributed by atoms with E-state index in [1.54, 1.807) is 0 Å². The van der Waals surface area contributed by atoms with Gasteiger partial charge in [-0.3, -0.25) is 9.36 Å². The van der Waals surface area contributed by atoms with Crippen molar-refractivity contribution >= 4 is 24.2 Å². The van der Waals surface area contributed by atoms with Crippen molar-refractivity contribution in [3.8, 4) is 0 Å². The fraction of sp³-hybridized carbons (Fsp3) is 0.857. The lowest BCUT2D eigenvalue weighted by Crippen LogP contribution is -1.98. The minimum Gasteiger partial charge on any atom is -0.344 e. The van der Waals surface area contributed by atoms with Gasteiger partial charge in [0.15, 0.2) is 0 Å². The van der Waals surface area contributed by atoms with Crippen molar-refractivity contribution in [2.24, 2.45) is 0 Å². The van der Waals surface area contributed by atoms with Gasteiger partial charge in [-0.05, 0) is 18.0 Å². The van der Waals surface area contributed by atoms with Gasteiger partial charge >= 0.3 is 0 Å². The highest BCUT2D eigenvalue weighted by Crippen LogP contribution is 2.42. The fourth-order valence-electron chi connectivity index (χ4n) is 0.780. The van der Waals surface area contributed by atoms with Crippen LogP contribution in [0.1, 0.15) is 26.2 Å². The maximum Gasteiger partial charge on any atom is 0.222 e. The average Bonchev–Trinajstić information content (AvgIpc) is 1.98. The quantitative estimate of drug-likeness (QED) is 0.543. The number of halogens is 1. The molecule has 0 aromatic rings. The second-order valence-corrected chi connectivity index (χ2v) is 5.76. The molecular weight excluding hydrogens is 199 g/mol. The summed E-state index contributed by atoms with van der Waals surface area (Å²) in [7, 11) is -3.07. The second-order valence-electron chi connectivity index (χ2n) is 2.75. The molecule has 0 rings (SSSR count). The molecule has 0 spiro atoms. The summed E-state index contributed by atoms with van der Waals surface area (Å²) in [5, 5.41) is -0.541. The van der Waals surface area contributed by atoms with Crippen LogP contribution in [0.15, 0.2) is 0 Å². The summed E-state index contributed by atoms with van der Waals surface area (Å²) < 4.78 is 11.2. The van der Waals surface area contributed by atoms with Gasteiger partial charge in [-0.25, -0.2) is 0 Å². The van der Waals surface area contributed by atoms with E-state index in [2.05, 4.69) is 0 Å². The Morgan fingerprint density at radius 1 is 1.50 bits per heavy atom. The Kier molecular flexibility index (Phi) is 5.81. The van der Waals surface area contributed by atoms with E-state index >= 15 is 0 Å². The Hall–Kier alpha value is 0.150. The molecule has 0 aliphatic carbocycles. The number of rotatable bonds is 6. The lowest BCUT2D eigenvalue weighted by molar-refractivity contribution is -0.111. The first-order valence-electron chi connectivity index (χ1n) is 3.97. The van der Waals surface area contributed by atoms with E-state index in [0.717, 1.165) is 12.8 Å². The number of hydrogen-bond acceptors (Lipinski definition) is 2. The molecule has 0 radical (unpaired) electrons. The first-order chi connectivity index (χ1) is 5.48. The molecule has 1 N–H and O–H groups in total. The van der Waals surface area contributed by atoms with Crippen LogP contribution >= 0.6 is 19.0 Å². The Morgan fingerprint density at radius 3 is 2.50 bits per heavy atom. The van der Waals surface area contributed by atoms with Gasteiger partial charge in [-0.1, -0.05) is 13.3 Å². The average molecular weight is 213 g/mol. The van der Waals surface area contributed by atoms with E-state index in [1.165, 1.54) is 0 Å². The van der Waals surface area contributed by atoms with Gasteiger partial charge < -0.3 is 4.89 Å². The van der Waals surface area contributed by atoms with Crippen molar-refractivity contribution < 1.29 is 14.3 Å². The van der Waals surface area contributed by atoms with Gasteiger partial charge in [0, 0.05) is 18.7 Å². The molecule has 0 aromatic carbocycles. The predicted molar refractivity (Wildman–Crippen MR) is 49.9 cm³/mol. The van der Waals surface area contributed by atoms with Crippen LogP contribution in [0.3, 0.4) is 0 Å². The van der Waals surface area contributed by atoms with E-state index in [9.17, 15) is 14.3 Å². The van der Waals surface area contributed by atoms with Crippen LogP contribution in [-0.4, -0.2) is 22.5 Å². The normalized spacial score (nSPS) is 15.6. The highest BCUT2D eigenvalue weighted by atomic mass is 35.5. The molecule has 0 saturated carbocycles. The predicted octanol–water partition coefficient (Wildman–Crippen LogP) is 2.21.